The third-order valence-corrected chi connectivity index (χ3v) is 5.70. The fourth-order valence-electron chi connectivity index (χ4n) is 2.86. The Balaban J connectivity index is 1.64. The largest absolute Gasteiger partial charge is 0.490 e. The summed E-state index contributed by atoms with van der Waals surface area (Å²) in [5, 5.41) is 2.70. The predicted octanol–water partition coefficient (Wildman–Crippen LogP) is 4.33. The first kappa shape index (κ1) is 23.8. The Morgan fingerprint density at radius 1 is 0.970 bits per heavy atom. The minimum atomic E-state index is -3.78. The lowest BCUT2D eigenvalue weighted by Crippen LogP contribution is -2.14. The fraction of sp³-hybridized carbons (Fsp3) is 0.167. The standard InChI is InChI=1S/C24H25N3O5S/c1-3-31-21-14-8-18(17-22(21)32-4-2)9-15-24(28)26-19-10-12-20(13-11-19)33(29,30)27-23-7-5-6-16-25-23/h5-17H,3-4H2,1-2H3,(H,25,27)(H,26,28). The summed E-state index contributed by atoms with van der Waals surface area (Å²) in [6.07, 6.45) is 4.54. The van der Waals surface area contributed by atoms with E-state index in [9.17, 15) is 13.2 Å². The molecule has 0 fully saturated rings. The van der Waals surface area contributed by atoms with Crippen molar-refractivity contribution >= 4 is 33.5 Å². The van der Waals surface area contributed by atoms with Crippen LogP contribution >= 0.6 is 0 Å². The van der Waals surface area contributed by atoms with Gasteiger partial charge in [-0.25, -0.2) is 13.4 Å². The van der Waals surface area contributed by atoms with Crippen LogP contribution in [0, 0.1) is 0 Å². The lowest BCUT2D eigenvalue weighted by atomic mass is 10.2. The van der Waals surface area contributed by atoms with E-state index in [1.54, 1.807) is 36.4 Å². The van der Waals surface area contributed by atoms with Gasteiger partial charge in [0.25, 0.3) is 10.0 Å². The molecule has 0 saturated heterocycles. The summed E-state index contributed by atoms with van der Waals surface area (Å²) in [6, 6.07) is 16.2. The van der Waals surface area contributed by atoms with E-state index in [0.717, 1.165) is 5.56 Å². The van der Waals surface area contributed by atoms with E-state index >= 15 is 0 Å². The molecular weight excluding hydrogens is 442 g/mol. The zero-order valence-corrected chi connectivity index (χ0v) is 19.1. The summed E-state index contributed by atoms with van der Waals surface area (Å²) in [7, 11) is -3.78. The van der Waals surface area contributed by atoms with Gasteiger partial charge in [0, 0.05) is 18.0 Å². The molecular formula is C24H25N3O5S. The van der Waals surface area contributed by atoms with Crippen LogP contribution in [0.1, 0.15) is 19.4 Å². The molecule has 0 atom stereocenters. The van der Waals surface area contributed by atoms with E-state index in [-0.39, 0.29) is 16.6 Å². The van der Waals surface area contributed by atoms with E-state index in [0.29, 0.717) is 30.4 Å². The second kappa shape index (κ2) is 11.1. The number of hydrogen-bond donors (Lipinski definition) is 2. The van der Waals surface area contributed by atoms with E-state index < -0.39 is 10.0 Å². The molecule has 2 N–H and O–H groups in total. The molecule has 9 heteroatoms. The maximum Gasteiger partial charge on any atom is 0.263 e. The van der Waals surface area contributed by atoms with Crippen molar-refractivity contribution in [3.8, 4) is 11.5 Å². The molecule has 0 aliphatic heterocycles. The Labute approximate surface area is 193 Å². The molecule has 3 aromatic rings. The number of nitrogens with zero attached hydrogens (tertiary/aromatic N) is 1. The Bertz CT molecular complexity index is 1210. The molecule has 33 heavy (non-hydrogen) atoms. The maximum atomic E-state index is 12.5. The number of hydrogen-bond acceptors (Lipinski definition) is 6. The molecule has 2 aromatic carbocycles. The molecule has 0 aliphatic carbocycles. The molecule has 8 nitrogen and oxygen atoms in total. The van der Waals surface area contributed by atoms with Crippen molar-refractivity contribution in [2.75, 3.05) is 23.3 Å². The smallest absolute Gasteiger partial charge is 0.263 e. The van der Waals surface area contributed by atoms with Gasteiger partial charge in [0.1, 0.15) is 5.82 Å². The number of nitrogens with one attached hydrogen (secondary N) is 2. The third kappa shape index (κ3) is 6.81. The monoisotopic (exact) mass is 467 g/mol. The van der Waals surface area contributed by atoms with Gasteiger partial charge in [0.15, 0.2) is 11.5 Å². The van der Waals surface area contributed by atoms with E-state index in [4.69, 9.17) is 9.47 Å². The predicted molar refractivity (Wildman–Crippen MR) is 128 cm³/mol. The maximum absolute atomic E-state index is 12.5. The molecule has 3 rings (SSSR count). The summed E-state index contributed by atoms with van der Waals surface area (Å²) in [5.74, 6) is 1.12. The number of pyridine rings is 1. The molecule has 0 bridgehead atoms. The van der Waals surface area contributed by atoms with Crippen LogP contribution in [0.2, 0.25) is 0 Å². The van der Waals surface area contributed by atoms with E-state index in [2.05, 4.69) is 15.0 Å². The van der Waals surface area contributed by atoms with Gasteiger partial charge in [0.2, 0.25) is 5.91 Å². The van der Waals surface area contributed by atoms with Crippen LogP contribution in [0.25, 0.3) is 6.08 Å². The van der Waals surface area contributed by atoms with E-state index in [1.807, 2.05) is 19.9 Å². The number of carbonyl (C=O) groups excluding carboxylic acids is 1. The lowest BCUT2D eigenvalue weighted by Gasteiger charge is -2.11. The zero-order valence-electron chi connectivity index (χ0n) is 18.3. The van der Waals surface area contributed by atoms with Gasteiger partial charge in [-0.15, -0.1) is 0 Å². The number of amides is 1. The van der Waals surface area contributed by atoms with Crippen molar-refractivity contribution in [2.45, 2.75) is 18.7 Å². The van der Waals surface area contributed by atoms with Crippen molar-refractivity contribution in [1.29, 1.82) is 0 Å². The molecule has 0 radical (unpaired) electrons. The highest BCUT2D eigenvalue weighted by atomic mass is 32.2. The average Bonchev–Trinajstić information content (AvgIpc) is 2.80. The van der Waals surface area contributed by atoms with Gasteiger partial charge in [-0.1, -0.05) is 12.1 Å². The molecule has 1 amide bonds. The van der Waals surface area contributed by atoms with Gasteiger partial charge in [-0.3, -0.25) is 9.52 Å². The van der Waals surface area contributed by atoms with Crippen LogP contribution in [0.15, 0.2) is 77.8 Å². The Morgan fingerprint density at radius 3 is 2.36 bits per heavy atom. The lowest BCUT2D eigenvalue weighted by molar-refractivity contribution is -0.111. The number of anilines is 2. The first-order chi connectivity index (χ1) is 15.9. The Morgan fingerprint density at radius 2 is 1.70 bits per heavy atom. The van der Waals surface area contributed by atoms with Gasteiger partial charge < -0.3 is 14.8 Å². The van der Waals surface area contributed by atoms with Gasteiger partial charge in [0.05, 0.1) is 18.1 Å². The minimum Gasteiger partial charge on any atom is -0.490 e. The molecule has 0 aliphatic rings. The second-order valence-corrected chi connectivity index (χ2v) is 8.42. The summed E-state index contributed by atoms with van der Waals surface area (Å²) < 4.78 is 38.5. The molecule has 172 valence electrons. The van der Waals surface area contributed by atoms with Crippen LogP contribution in [0.3, 0.4) is 0 Å². The van der Waals surface area contributed by atoms with Crippen LogP contribution in [0.5, 0.6) is 11.5 Å². The molecule has 0 spiro atoms. The second-order valence-electron chi connectivity index (χ2n) is 6.74. The van der Waals surface area contributed by atoms with Crippen LogP contribution in [-0.4, -0.2) is 32.5 Å². The number of ether oxygens (including phenoxy) is 2. The first-order valence-electron chi connectivity index (χ1n) is 10.3. The van der Waals surface area contributed by atoms with Crippen LogP contribution in [-0.2, 0) is 14.8 Å². The highest BCUT2D eigenvalue weighted by Gasteiger charge is 2.14. The summed E-state index contributed by atoms with van der Waals surface area (Å²) in [6.45, 7) is 4.80. The van der Waals surface area contributed by atoms with Crippen LogP contribution < -0.4 is 19.5 Å². The zero-order chi connectivity index (χ0) is 23.7. The van der Waals surface area contributed by atoms with Gasteiger partial charge in [-0.2, -0.15) is 0 Å². The van der Waals surface area contributed by atoms with Crippen molar-refractivity contribution in [2.24, 2.45) is 0 Å². The number of aromatic nitrogens is 1. The minimum absolute atomic E-state index is 0.0551. The van der Waals surface area contributed by atoms with E-state index in [1.165, 1.54) is 36.5 Å². The van der Waals surface area contributed by atoms with Crippen LogP contribution in [0.4, 0.5) is 11.5 Å². The van der Waals surface area contributed by atoms with Crippen molar-refractivity contribution in [1.82, 2.24) is 4.98 Å². The Hall–Kier alpha value is -3.85. The van der Waals surface area contributed by atoms with Gasteiger partial charge in [-0.05, 0) is 74.0 Å². The average molecular weight is 468 g/mol. The number of benzene rings is 2. The molecule has 0 saturated carbocycles. The first-order valence-corrected chi connectivity index (χ1v) is 11.8. The highest BCUT2D eigenvalue weighted by molar-refractivity contribution is 7.92. The summed E-state index contributed by atoms with van der Waals surface area (Å²) in [4.78, 5) is 16.3. The normalized spacial score (nSPS) is 11.2. The fourth-order valence-corrected chi connectivity index (χ4v) is 3.87. The molecule has 0 unspecified atom stereocenters. The number of rotatable bonds is 10. The third-order valence-electron chi connectivity index (χ3n) is 4.33. The summed E-state index contributed by atoms with van der Waals surface area (Å²) >= 11 is 0. The van der Waals surface area contributed by atoms with Crippen molar-refractivity contribution in [3.05, 3.63) is 78.5 Å². The van der Waals surface area contributed by atoms with Crippen molar-refractivity contribution < 1.29 is 22.7 Å². The molecule has 1 heterocycles. The van der Waals surface area contributed by atoms with Crippen molar-refractivity contribution in [3.63, 3.8) is 0 Å². The summed E-state index contributed by atoms with van der Waals surface area (Å²) in [5.41, 5.74) is 1.24. The topological polar surface area (TPSA) is 107 Å². The van der Waals surface area contributed by atoms with Gasteiger partial charge >= 0.3 is 0 Å². The molecule has 1 aromatic heterocycles. The highest BCUT2D eigenvalue weighted by Crippen LogP contribution is 2.29. The number of carbonyl (C=O) groups is 1. The number of sulfonamides is 1. The SMILES string of the molecule is CCOc1ccc(C=CC(=O)Nc2ccc(S(=O)(=O)Nc3ccccn3)cc2)cc1OCC. The Kier molecular flexibility index (Phi) is 8.04. The quantitative estimate of drug-likeness (QED) is 0.430.